The van der Waals surface area contributed by atoms with Crippen molar-refractivity contribution in [1.29, 1.82) is 0 Å². The zero-order valence-corrected chi connectivity index (χ0v) is 12.7. The molecule has 0 radical (unpaired) electrons. The Labute approximate surface area is 119 Å². The number of aromatic nitrogens is 2. The second kappa shape index (κ2) is 5.75. The molecule has 1 heterocycles. The fourth-order valence-electron chi connectivity index (χ4n) is 2.32. The summed E-state index contributed by atoms with van der Waals surface area (Å²) in [6, 6.07) is 5.47. The van der Waals surface area contributed by atoms with Crippen LogP contribution in [0.15, 0.2) is 24.4 Å². The molecule has 0 bridgehead atoms. The summed E-state index contributed by atoms with van der Waals surface area (Å²) in [5, 5.41) is 7.64. The highest BCUT2D eigenvalue weighted by molar-refractivity contribution is 5.67. The van der Waals surface area contributed by atoms with Crippen LogP contribution < -0.4 is 5.32 Å². The Morgan fingerprint density at radius 2 is 1.90 bits per heavy atom. The van der Waals surface area contributed by atoms with Gasteiger partial charge in [0.2, 0.25) is 0 Å². The predicted octanol–water partition coefficient (Wildman–Crippen LogP) is 3.63. The fourth-order valence-corrected chi connectivity index (χ4v) is 2.32. The van der Waals surface area contributed by atoms with Crippen molar-refractivity contribution in [3.63, 3.8) is 0 Å². The summed E-state index contributed by atoms with van der Waals surface area (Å²) in [5.74, 6) is 0.0583. The van der Waals surface area contributed by atoms with E-state index in [4.69, 9.17) is 0 Å². The van der Waals surface area contributed by atoms with Crippen LogP contribution in [-0.2, 0) is 7.05 Å². The highest BCUT2D eigenvalue weighted by Crippen LogP contribution is 2.31. The van der Waals surface area contributed by atoms with Gasteiger partial charge >= 0.3 is 0 Å². The van der Waals surface area contributed by atoms with Crippen molar-refractivity contribution in [3.8, 4) is 11.1 Å². The maximum absolute atomic E-state index is 14.2. The van der Waals surface area contributed by atoms with Crippen LogP contribution in [0.2, 0.25) is 0 Å². The second-order valence-corrected chi connectivity index (χ2v) is 5.51. The minimum atomic E-state index is -0.202. The molecule has 0 spiro atoms. The molecule has 0 saturated carbocycles. The number of benzene rings is 1. The third kappa shape index (κ3) is 2.75. The summed E-state index contributed by atoms with van der Waals surface area (Å²) in [7, 11) is 3.77. The molecule has 108 valence electrons. The maximum atomic E-state index is 14.2. The van der Waals surface area contributed by atoms with Crippen molar-refractivity contribution in [2.24, 2.45) is 7.05 Å². The standard InChI is InChI=1S/C16H22FN3/c1-10(2)16-14(9-20(5)19-16)13-8-12(11(3)18-4)6-7-15(13)17/h6-11,18H,1-5H3. The number of nitrogens with one attached hydrogen (secondary N) is 1. The van der Waals surface area contributed by atoms with E-state index >= 15 is 0 Å². The monoisotopic (exact) mass is 275 g/mol. The molecule has 1 atom stereocenters. The van der Waals surface area contributed by atoms with Crippen LogP contribution in [0.5, 0.6) is 0 Å². The summed E-state index contributed by atoms with van der Waals surface area (Å²) >= 11 is 0. The lowest BCUT2D eigenvalue weighted by Gasteiger charge is -2.13. The zero-order valence-electron chi connectivity index (χ0n) is 12.7. The molecule has 20 heavy (non-hydrogen) atoms. The second-order valence-electron chi connectivity index (χ2n) is 5.51. The van der Waals surface area contributed by atoms with Crippen molar-refractivity contribution >= 4 is 0 Å². The Bertz CT molecular complexity index is 602. The Kier molecular flexibility index (Phi) is 4.23. The van der Waals surface area contributed by atoms with Crippen molar-refractivity contribution in [2.75, 3.05) is 7.05 Å². The molecule has 2 rings (SSSR count). The van der Waals surface area contributed by atoms with Gasteiger partial charge in [-0.05, 0) is 37.6 Å². The van der Waals surface area contributed by atoms with Gasteiger partial charge in [0.15, 0.2) is 0 Å². The Hall–Kier alpha value is -1.68. The summed E-state index contributed by atoms with van der Waals surface area (Å²) in [6.45, 7) is 6.21. The van der Waals surface area contributed by atoms with E-state index in [1.807, 2.05) is 32.4 Å². The number of hydrogen-bond acceptors (Lipinski definition) is 2. The molecule has 4 heteroatoms. The first-order valence-corrected chi connectivity index (χ1v) is 6.94. The quantitative estimate of drug-likeness (QED) is 0.923. The van der Waals surface area contributed by atoms with E-state index in [0.717, 1.165) is 16.8 Å². The number of hydrogen-bond donors (Lipinski definition) is 1. The Balaban J connectivity index is 2.57. The van der Waals surface area contributed by atoms with Crippen molar-refractivity contribution in [1.82, 2.24) is 15.1 Å². The lowest BCUT2D eigenvalue weighted by atomic mass is 9.96. The van der Waals surface area contributed by atoms with E-state index in [1.165, 1.54) is 6.07 Å². The third-order valence-electron chi connectivity index (χ3n) is 3.62. The summed E-state index contributed by atoms with van der Waals surface area (Å²) < 4.78 is 16.0. The van der Waals surface area contributed by atoms with Crippen LogP contribution in [0.25, 0.3) is 11.1 Å². The molecular formula is C16H22FN3. The molecule has 3 nitrogen and oxygen atoms in total. The van der Waals surface area contributed by atoms with Gasteiger partial charge < -0.3 is 5.32 Å². The molecule has 0 aliphatic heterocycles. The first kappa shape index (κ1) is 14.7. The minimum absolute atomic E-state index is 0.188. The Morgan fingerprint density at radius 1 is 1.20 bits per heavy atom. The molecule has 1 aromatic heterocycles. The average molecular weight is 275 g/mol. The van der Waals surface area contributed by atoms with Crippen LogP contribution in [0.1, 0.15) is 44.0 Å². The lowest BCUT2D eigenvalue weighted by molar-refractivity contribution is 0.621. The molecule has 0 amide bonds. The first-order valence-electron chi connectivity index (χ1n) is 6.94. The van der Waals surface area contributed by atoms with Gasteiger partial charge in [-0.25, -0.2) is 4.39 Å². The summed E-state index contributed by atoms with van der Waals surface area (Å²) in [5.41, 5.74) is 3.51. The van der Waals surface area contributed by atoms with Gasteiger partial charge in [-0.3, -0.25) is 4.68 Å². The highest BCUT2D eigenvalue weighted by atomic mass is 19.1. The van der Waals surface area contributed by atoms with Crippen LogP contribution in [-0.4, -0.2) is 16.8 Å². The maximum Gasteiger partial charge on any atom is 0.131 e. The number of halogens is 1. The van der Waals surface area contributed by atoms with Gasteiger partial charge in [0, 0.05) is 30.4 Å². The van der Waals surface area contributed by atoms with Crippen molar-refractivity contribution in [3.05, 3.63) is 41.5 Å². The topological polar surface area (TPSA) is 29.9 Å². The van der Waals surface area contributed by atoms with Gasteiger partial charge in [0.05, 0.1) is 5.69 Å². The van der Waals surface area contributed by atoms with E-state index < -0.39 is 0 Å². The highest BCUT2D eigenvalue weighted by Gasteiger charge is 2.17. The Morgan fingerprint density at radius 3 is 2.50 bits per heavy atom. The molecule has 1 unspecified atom stereocenters. The predicted molar refractivity (Wildman–Crippen MR) is 80.2 cm³/mol. The SMILES string of the molecule is CNC(C)c1ccc(F)c(-c2cn(C)nc2C(C)C)c1. The lowest BCUT2D eigenvalue weighted by Crippen LogP contribution is -2.12. The molecule has 1 N–H and O–H groups in total. The van der Waals surface area contributed by atoms with Crippen LogP contribution >= 0.6 is 0 Å². The number of rotatable bonds is 4. The van der Waals surface area contributed by atoms with Gasteiger partial charge in [-0.1, -0.05) is 19.9 Å². The summed E-state index contributed by atoms with van der Waals surface area (Å²) in [6.07, 6.45) is 1.89. The summed E-state index contributed by atoms with van der Waals surface area (Å²) in [4.78, 5) is 0. The van der Waals surface area contributed by atoms with Crippen molar-refractivity contribution in [2.45, 2.75) is 32.7 Å². The van der Waals surface area contributed by atoms with Gasteiger partial charge in [0.1, 0.15) is 5.82 Å². The third-order valence-corrected chi connectivity index (χ3v) is 3.62. The molecule has 0 aliphatic rings. The van der Waals surface area contributed by atoms with Crippen LogP contribution in [0.3, 0.4) is 0 Å². The van der Waals surface area contributed by atoms with Gasteiger partial charge in [0.25, 0.3) is 0 Å². The van der Waals surface area contributed by atoms with Gasteiger partial charge in [-0.15, -0.1) is 0 Å². The normalized spacial score (nSPS) is 12.9. The number of nitrogens with zero attached hydrogens (tertiary/aromatic N) is 2. The largest absolute Gasteiger partial charge is 0.313 e. The fraction of sp³-hybridized carbons (Fsp3) is 0.438. The average Bonchev–Trinajstić information content (AvgIpc) is 2.80. The number of aryl methyl sites for hydroxylation is 1. The van der Waals surface area contributed by atoms with E-state index in [9.17, 15) is 4.39 Å². The molecular weight excluding hydrogens is 253 g/mol. The molecule has 2 aromatic rings. The molecule has 1 aromatic carbocycles. The minimum Gasteiger partial charge on any atom is -0.313 e. The van der Waals surface area contributed by atoms with Crippen LogP contribution in [0.4, 0.5) is 4.39 Å². The smallest absolute Gasteiger partial charge is 0.131 e. The zero-order chi connectivity index (χ0) is 14.9. The molecule has 0 fully saturated rings. The van der Waals surface area contributed by atoms with E-state index in [2.05, 4.69) is 31.2 Å². The van der Waals surface area contributed by atoms with Crippen LogP contribution in [0, 0.1) is 5.82 Å². The first-order chi connectivity index (χ1) is 9.43. The molecule has 0 aliphatic carbocycles. The molecule has 0 saturated heterocycles. The van der Waals surface area contributed by atoms with Gasteiger partial charge in [-0.2, -0.15) is 5.10 Å². The van der Waals surface area contributed by atoms with E-state index in [-0.39, 0.29) is 17.8 Å². The van der Waals surface area contributed by atoms with E-state index in [1.54, 1.807) is 4.68 Å². The van der Waals surface area contributed by atoms with Crippen molar-refractivity contribution < 1.29 is 4.39 Å². The van der Waals surface area contributed by atoms with E-state index in [0.29, 0.717) is 5.56 Å².